The van der Waals surface area contributed by atoms with Gasteiger partial charge in [-0.25, -0.2) is 0 Å². The van der Waals surface area contributed by atoms with Crippen molar-refractivity contribution in [1.82, 2.24) is 9.80 Å². The molecule has 0 aromatic heterocycles. The molecule has 2 aromatic rings. The van der Waals surface area contributed by atoms with Crippen LogP contribution in [-0.2, 0) is 11.3 Å². The van der Waals surface area contributed by atoms with Gasteiger partial charge >= 0.3 is 0 Å². The molecular formula is C21H25N3O2. The number of benzene rings is 2. The second-order valence-electron chi connectivity index (χ2n) is 6.70. The molecule has 0 unspecified atom stereocenters. The average Bonchev–Trinajstić information content (AvgIpc) is 2.81. The van der Waals surface area contributed by atoms with Crippen LogP contribution in [0.4, 0.5) is 5.69 Å². The normalized spacial score (nSPS) is 17.9. The summed E-state index contributed by atoms with van der Waals surface area (Å²) in [5.41, 5.74) is 8.06. The smallest absolute Gasteiger partial charge is 0.254 e. The van der Waals surface area contributed by atoms with Crippen molar-refractivity contribution in [3.05, 3.63) is 65.7 Å². The molecule has 0 saturated carbocycles. The topological polar surface area (TPSA) is 66.6 Å². The van der Waals surface area contributed by atoms with Gasteiger partial charge in [0.15, 0.2) is 0 Å². The number of hydrogen-bond donors (Lipinski definition) is 1. The van der Waals surface area contributed by atoms with Crippen molar-refractivity contribution in [2.24, 2.45) is 0 Å². The Morgan fingerprint density at radius 3 is 2.62 bits per heavy atom. The lowest BCUT2D eigenvalue weighted by Crippen LogP contribution is -2.43. The van der Waals surface area contributed by atoms with Crippen LogP contribution in [0.1, 0.15) is 35.7 Å². The number of anilines is 1. The third-order valence-corrected chi connectivity index (χ3v) is 4.88. The molecule has 0 spiro atoms. The molecule has 0 bridgehead atoms. The van der Waals surface area contributed by atoms with E-state index in [1.165, 1.54) is 0 Å². The van der Waals surface area contributed by atoms with Gasteiger partial charge in [0.1, 0.15) is 0 Å². The molecular weight excluding hydrogens is 326 g/mol. The van der Waals surface area contributed by atoms with E-state index in [0.717, 1.165) is 12.0 Å². The molecule has 1 heterocycles. The predicted molar refractivity (Wildman–Crippen MR) is 102 cm³/mol. The first kappa shape index (κ1) is 18.0. The van der Waals surface area contributed by atoms with E-state index in [4.69, 9.17) is 5.73 Å². The SMILES string of the molecule is CC[C@H]1CN(C(=O)c2cccc(N)c2)CCC(=O)N1Cc1ccccc1. The molecule has 1 aliphatic heterocycles. The Kier molecular flexibility index (Phi) is 5.56. The number of amides is 2. The first-order chi connectivity index (χ1) is 12.6. The monoisotopic (exact) mass is 351 g/mol. The second-order valence-corrected chi connectivity index (χ2v) is 6.70. The van der Waals surface area contributed by atoms with Crippen LogP contribution in [-0.4, -0.2) is 40.7 Å². The maximum absolute atomic E-state index is 12.9. The fourth-order valence-electron chi connectivity index (χ4n) is 3.41. The third kappa shape index (κ3) is 4.04. The molecule has 1 fully saturated rings. The Hall–Kier alpha value is -2.82. The minimum absolute atomic E-state index is 0.00946. The van der Waals surface area contributed by atoms with Crippen LogP contribution >= 0.6 is 0 Å². The summed E-state index contributed by atoms with van der Waals surface area (Å²) < 4.78 is 0. The van der Waals surface area contributed by atoms with Gasteiger partial charge in [-0.2, -0.15) is 0 Å². The highest BCUT2D eigenvalue weighted by molar-refractivity contribution is 5.95. The Bertz CT molecular complexity index is 776. The summed E-state index contributed by atoms with van der Waals surface area (Å²) in [6.45, 7) is 3.62. The van der Waals surface area contributed by atoms with Crippen LogP contribution in [0.25, 0.3) is 0 Å². The van der Waals surface area contributed by atoms with Gasteiger partial charge in [-0.3, -0.25) is 9.59 Å². The maximum Gasteiger partial charge on any atom is 0.254 e. The number of nitrogen functional groups attached to an aromatic ring is 1. The standard InChI is InChI=1S/C21H25N3O2/c1-2-19-15-23(21(26)17-9-6-10-18(22)13-17)12-11-20(25)24(19)14-16-7-4-3-5-8-16/h3-10,13,19H,2,11-12,14-15,22H2,1H3/t19-/m0/s1. The molecule has 1 saturated heterocycles. The van der Waals surface area contributed by atoms with Gasteiger partial charge in [-0.15, -0.1) is 0 Å². The summed E-state index contributed by atoms with van der Waals surface area (Å²) in [5, 5.41) is 0. The zero-order chi connectivity index (χ0) is 18.5. The van der Waals surface area contributed by atoms with Gasteiger partial charge in [-0.05, 0) is 30.2 Å². The minimum atomic E-state index is -0.0647. The summed E-state index contributed by atoms with van der Waals surface area (Å²) in [7, 11) is 0. The number of rotatable bonds is 4. The van der Waals surface area contributed by atoms with Gasteiger partial charge in [0.2, 0.25) is 5.91 Å². The van der Waals surface area contributed by atoms with E-state index in [-0.39, 0.29) is 17.9 Å². The predicted octanol–water partition coefficient (Wildman–Crippen LogP) is 2.92. The van der Waals surface area contributed by atoms with E-state index in [0.29, 0.717) is 37.3 Å². The van der Waals surface area contributed by atoms with E-state index >= 15 is 0 Å². The highest BCUT2D eigenvalue weighted by Crippen LogP contribution is 2.20. The number of nitrogens with two attached hydrogens (primary N) is 1. The molecule has 26 heavy (non-hydrogen) atoms. The minimum Gasteiger partial charge on any atom is -0.399 e. The molecule has 0 radical (unpaired) electrons. The zero-order valence-corrected chi connectivity index (χ0v) is 15.1. The Labute approximate surface area is 154 Å². The number of carbonyl (C=O) groups is 2. The van der Waals surface area contributed by atoms with Crippen LogP contribution < -0.4 is 5.73 Å². The average molecular weight is 351 g/mol. The van der Waals surface area contributed by atoms with Gasteiger partial charge in [-0.1, -0.05) is 43.3 Å². The lowest BCUT2D eigenvalue weighted by atomic mass is 10.1. The Morgan fingerprint density at radius 2 is 1.92 bits per heavy atom. The summed E-state index contributed by atoms with van der Waals surface area (Å²) in [6.07, 6.45) is 1.15. The van der Waals surface area contributed by atoms with Gasteiger partial charge in [0.05, 0.1) is 0 Å². The molecule has 0 aliphatic carbocycles. The molecule has 2 amide bonds. The van der Waals surface area contributed by atoms with E-state index in [1.807, 2.05) is 35.2 Å². The van der Waals surface area contributed by atoms with Crippen LogP contribution in [0, 0.1) is 0 Å². The first-order valence-electron chi connectivity index (χ1n) is 9.06. The largest absolute Gasteiger partial charge is 0.399 e. The van der Waals surface area contributed by atoms with Gasteiger partial charge in [0.25, 0.3) is 5.91 Å². The molecule has 3 rings (SSSR count). The first-order valence-corrected chi connectivity index (χ1v) is 9.06. The molecule has 1 aliphatic rings. The molecule has 1 atom stereocenters. The summed E-state index contributed by atoms with van der Waals surface area (Å²) in [4.78, 5) is 29.3. The fourth-order valence-corrected chi connectivity index (χ4v) is 3.41. The lowest BCUT2D eigenvalue weighted by molar-refractivity contribution is -0.133. The molecule has 5 nitrogen and oxygen atoms in total. The molecule has 5 heteroatoms. The van der Waals surface area contributed by atoms with Crippen molar-refractivity contribution < 1.29 is 9.59 Å². The third-order valence-electron chi connectivity index (χ3n) is 4.88. The van der Waals surface area contributed by atoms with E-state index in [1.54, 1.807) is 29.2 Å². The van der Waals surface area contributed by atoms with Crippen molar-refractivity contribution in [2.45, 2.75) is 32.4 Å². The van der Waals surface area contributed by atoms with Crippen LogP contribution in [0.3, 0.4) is 0 Å². The van der Waals surface area contributed by atoms with E-state index < -0.39 is 0 Å². The number of carbonyl (C=O) groups excluding carboxylic acids is 2. The number of nitrogens with zero attached hydrogens (tertiary/aromatic N) is 2. The fraction of sp³-hybridized carbons (Fsp3) is 0.333. The van der Waals surface area contributed by atoms with Crippen molar-refractivity contribution in [3.8, 4) is 0 Å². The van der Waals surface area contributed by atoms with Crippen LogP contribution in [0.15, 0.2) is 54.6 Å². The van der Waals surface area contributed by atoms with Crippen molar-refractivity contribution in [3.63, 3.8) is 0 Å². The van der Waals surface area contributed by atoms with Gasteiger partial charge in [0, 0.05) is 43.3 Å². The van der Waals surface area contributed by atoms with Crippen LogP contribution in [0.2, 0.25) is 0 Å². The molecule has 136 valence electrons. The van der Waals surface area contributed by atoms with Crippen molar-refractivity contribution in [1.29, 1.82) is 0 Å². The van der Waals surface area contributed by atoms with Crippen molar-refractivity contribution in [2.75, 3.05) is 18.8 Å². The summed E-state index contributed by atoms with van der Waals surface area (Å²) in [6, 6.07) is 17.0. The van der Waals surface area contributed by atoms with E-state index in [2.05, 4.69) is 6.92 Å². The van der Waals surface area contributed by atoms with Crippen molar-refractivity contribution >= 4 is 17.5 Å². The van der Waals surface area contributed by atoms with E-state index in [9.17, 15) is 9.59 Å². The van der Waals surface area contributed by atoms with Crippen LogP contribution in [0.5, 0.6) is 0 Å². The van der Waals surface area contributed by atoms with Gasteiger partial charge < -0.3 is 15.5 Å². The second kappa shape index (κ2) is 8.04. The highest BCUT2D eigenvalue weighted by atomic mass is 16.2. The Balaban J connectivity index is 1.78. The Morgan fingerprint density at radius 1 is 1.15 bits per heavy atom. The summed E-state index contributed by atoms with van der Waals surface area (Å²) in [5.74, 6) is 0.0358. The highest BCUT2D eigenvalue weighted by Gasteiger charge is 2.31. The quantitative estimate of drug-likeness (QED) is 0.861. The number of hydrogen-bond acceptors (Lipinski definition) is 3. The maximum atomic E-state index is 12.9. The summed E-state index contributed by atoms with van der Waals surface area (Å²) >= 11 is 0. The molecule has 2 N–H and O–H groups in total. The zero-order valence-electron chi connectivity index (χ0n) is 15.1. The lowest BCUT2D eigenvalue weighted by Gasteiger charge is -2.31. The molecule has 2 aromatic carbocycles.